The Morgan fingerprint density at radius 2 is 1.82 bits per heavy atom. The van der Waals surface area contributed by atoms with Gasteiger partial charge in [-0.1, -0.05) is 72.9 Å². The van der Waals surface area contributed by atoms with E-state index < -0.39 is 0 Å². The molecule has 1 N–H and O–H groups in total. The predicted octanol–water partition coefficient (Wildman–Crippen LogP) is 6.53. The summed E-state index contributed by atoms with van der Waals surface area (Å²) >= 11 is 1.61. The minimum Gasteiger partial charge on any atom is -0.350 e. The molecule has 166 valence electrons. The van der Waals surface area contributed by atoms with E-state index in [1.807, 2.05) is 24.3 Å². The first-order chi connectivity index (χ1) is 16.1. The lowest BCUT2D eigenvalue weighted by atomic mass is 10.1. The van der Waals surface area contributed by atoms with Crippen molar-refractivity contribution in [3.05, 3.63) is 95.7 Å². The second-order valence-corrected chi connectivity index (χ2v) is 9.52. The van der Waals surface area contributed by atoms with E-state index in [1.54, 1.807) is 11.3 Å². The summed E-state index contributed by atoms with van der Waals surface area (Å²) in [5.74, 6) is -0.0276. The molecule has 0 aliphatic rings. The van der Waals surface area contributed by atoms with Gasteiger partial charge in [0.15, 0.2) is 4.96 Å². The van der Waals surface area contributed by atoms with E-state index >= 15 is 0 Å². The Morgan fingerprint density at radius 3 is 2.58 bits per heavy atom. The van der Waals surface area contributed by atoms with Crippen LogP contribution in [0.25, 0.3) is 26.4 Å². The maximum absolute atomic E-state index is 12.8. The van der Waals surface area contributed by atoms with E-state index in [-0.39, 0.29) is 11.9 Å². The zero-order valence-electron chi connectivity index (χ0n) is 18.9. The van der Waals surface area contributed by atoms with Gasteiger partial charge in [-0.2, -0.15) is 0 Å². The van der Waals surface area contributed by atoms with Crippen LogP contribution in [-0.2, 0) is 12.8 Å². The molecule has 2 heterocycles. The fourth-order valence-electron chi connectivity index (χ4n) is 4.10. The van der Waals surface area contributed by atoms with Crippen molar-refractivity contribution in [3.8, 4) is 11.3 Å². The largest absolute Gasteiger partial charge is 0.350 e. The van der Waals surface area contributed by atoms with Crippen LogP contribution in [0.15, 0.2) is 79.0 Å². The highest BCUT2D eigenvalue weighted by atomic mass is 32.1. The average Bonchev–Trinajstić information content (AvgIpc) is 3.41. The summed E-state index contributed by atoms with van der Waals surface area (Å²) < 4.78 is 3.18. The van der Waals surface area contributed by atoms with Crippen LogP contribution >= 0.6 is 11.3 Å². The average molecular weight is 454 g/mol. The number of amides is 1. The first-order valence-corrected chi connectivity index (χ1v) is 12.3. The quantitative estimate of drug-likeness (QED) is 0.304. The van der Waals surface area contributed by atoms with Crippen LogP contribution in [-0.4, -0.2) is 21.3 Å². The summed E-state index contributed by atoms with van der Waals surface area (Å²) in [7, 11) is 0. The highest BCUT2D eigenvalue weighted by Crippen LogP contribution is 2.30. The molecule has 3 aromatic carbocycles. The molecule has 2 aromatic heterocycles. The Bertz CT molecular complexity index is 1400. The minimum atomic E-state index is -0.0276. The number of aryl methyl sites for hydroxylation is 2. The normalized spacial score (nSPS) is 12.3. The van der Waals surface area contributed by atoms with Gasteiger partial charge in [-0.25, -0.2) is 4.98 Å². The zero-order valence-corrected chi connectivity index (χ0v) is 19.7. The van der Waals surface area contributed by atoms with Crippen LogP contribution in [0.2, 0.25) is 0 Å². The van der Waals surface area contributed by atoms with Gasteiger partial charge in [0, 0.05) is 23.4 Å². The second-order valence-electron chi connectivity index (χ2n) is 8.51. The highest BCUT2D eigenvalue weighted by molar-refractivity contribution is 7.23. The van der Waals surface area contributed by atoms with Crippen LogP contribution in [0.5, 0.6) is 0 Å². The van der Waals surface area contributed by atoms with Crippen molar-refractivity contribution in [2.24, 2.45) is 0 Å². The topological polar surface area (TPSA) is 46.4 Å². The van der Waals surface area contributed by atoms with Gasteiger partial charge >= 0.3 is 0 Å². The Kier molecular flexibility index (Phi) is 5.97. The van der Waals surface area contributed by atoms with Crippen molar-refractivity contribution in [1.29, 1.82) is 0 Å². The third kappa shape index (κ3) is 4.55. The van der Waals surface area contributed by atoms with E-state index in [0.29, 0.717) is 5.56 Å². The monoisotopic (exact) mass is 453 g/mol. The van der Waals surface area contributed by atoms with Crippen molar-refractivity contribution < 1.29 is 4.79 Å². The van der Waals surface area contributed by atoms with Gasteiger partial charge in [-0.05, 0) is 55.5 Å². The molecular weight excluding hydrogens is 426 g/mol. The van der Waals surface area contributed by atoms with Gasteiger partial charge in [0.1, 0.15) is 0 Å². The predicted molar refractivity (Wildman–Crippen MR) is 137 cm³/mol. The summed E-state index contributed by atoms with van der Waals surface area (Å²) in [5, 5.41) is 3.14. The summed E-state index contributed by atoms with van der Waals surface area (Å²) in [6.45, 7) is 4.22. The Balaban J connectivity index is 1.31. The lowest BCUT2D eigenvalue weighted by molar-refractivity contribution is 0.0938. The van der Waals surface area contributed by atoms with Crippen LogP contribution in [0, 0.1) is 0 Å². The van der Waals surface area contributed by atoms with E-state index in [4.69, 9.17) is 4.98 Å². The summed E-state index contributed by atoms with van der Waals surface area (Å²) in [4.78, 5) is 18.6. The fraction of sp³-hybridized carbons (Fsp3) is 0.214. The van der Waals surface area contributed by atoms with E-state index in [1.165, 1.54) is 11.1 Å². The number of carbonyl (C=O) groups is 1. The minimum absolute atomic E-state index is 0.0276. The maximum Gasteiger partial charge on any atom is 0.251 e. The van der Waals surface area contributed by atoms with Crippen LogP contribution in [0.3, 0.4) is 0 Å². The SMILES string of the molecule is CCc1ccc(-c2cn3c(n2)sc2cc(C(=O)NC(C)CCc4ccccc4)ccc23)cc1. The Morgan fingerprint density at radius 1 is 1.03 bits per heavy atom. The van der Waals surface area contributed by atoms with E-state index in [2.05, 4.69) is 78.3 Å². The molecule has 1 unspecified atom stereocenters. The molecule has 4 nitrogen and oxygen atoms in total. The fourth-order valence-corrected chi connectivity index (χ4v) is 5.15. The first kappa shape index (κ1) is 21.4. The number of carbonyl (C=O) groups excluding carboxylic acids is 1. The maximum atomic E-state index is 12.8. The van der Waals surface area contributed by atoms with Crippen molar-refractivity contribution in [3.63, 3.8) is 0 Å². The molecular formula is C28H27N3OS. The molecule has 0 spiro atoms. The van der Waals surface area contributed by atoms with Gasteiger partial charge in [0.2, 0.25) is 0 Å². The summed E-state index contributed by atoms with van der Waals surface area (Å²) in [6.07, 6.45) is 4.98. The molecule has 1 atom stereocenters. The molecule has 0 bridgehead atoms. The number of rotatable bonds is 7. The molecule has 1 amide bonds. The number of hydrogen-bond acceptors (Lipinski definition) is 3. The highest BCUT2D eigenvalue weighted by Gasteiger charge is 2.14. The van der Waals surface area contributed by atoms with Crippen LogP contribution < -0.4 is 5.32 Å². The molecule has 0 radical (unpaired) electrons. The van der Waals surface area contributed by atoms with Gasteiger partial charge in [-0.3, -0.25) is 9.20 Å². The molecule has 0 saturated carbocycles. The molecule has 0 aliphatic carbocycles. The second kappa shape index (κ2) is 9.20. The number of nitrogens with zero attached hydrogens (tertiary/aromatic N) is 2. The zero-order chi connectivity index (χ0) is 22.8. The number of nitrogens with one attached hydrogen (secondary N) is 1. The van der Waals surface area contributed by atoms with Gasteiger partial charge in [-0.15, -0.1) is 0 Å². The van der Waals surface area contributed by atoms with Crippen LogP contribution in [0.1, 0.15) is 41.8 Å². The number of thiazole rings is 1. The first-order valence-electron chi connectivity index (χ1n) is 11.5. The van der Waals surface area contributed by atoms with Crippen molar-refractivity contribution in [2.75, 3.05) is 0 Å². The number of aromatic nitrogens is 2. The Hall–Kier alpha value is -3.44. The lowest BCUT2D eigenvalue weighted by Crippen LogP contribution is -2.32. The van der Waals surface area contributed by atoms with Gasteiger partial charge < -0.3 is 5.32 Å². The Labute approximate surface area is 197 Å². The smallest absolute Gasteiger partial charge is 0.251 e. The van der Waals surface area contributed by atoms with Crippen molar-refractivity contribution in [2.45, 2.75) is 39.2 Å². The third-order valence-corrected chi connectivity index (χ3v) is 7.12. The lowest BCUT2D eigenvalue weighted by Gasteiger charge is -2.14. The van der Waals surface area contributed by atoms with Gasteiger partial charge in [0.25, 0.3) is 5.91 Å². The molecule has 0 aliphatic heterocycles. The third-order valence-electron chi connectivity index (χ3n) is 6.10. The van der Waals surface area contributed by atoms with Crippen LogP contribution in [0.4, 0.5) is 0 Å². The molecule has 0 saturated heterocycles. The molecule has 0 fully saturated rings. The molecule has 5 rings (SSSR count). The summed E-state index contributed by atoms with van der Waals surface area (Å²) in [5.41, 5.74) is 6.48. The van der Waals surface area contributed by atoms with Gasteiger partial charge in [0.05, 0.1) is 15.9 Å². The van der Waals surface area contributed by atoms with E-state index in [0.717, 1.165) is 45.7 Å². The number of benzene rings is 3. The molecule has 5 aromatic rings. The molecule has 5 heteroatoms. The van der Waals surface area contributed by atoms with Crippen molar-refractivity contribution >= 4 is 32.4 Å². The van der Waals surface area contributed by atoms with E-state index in [9.17, 15) is 4.79 Å². The standard InChI is InChI=1S/C28H27N3OS/c1-3-20-11-13-22(14-12-20)24-18-31-25-16-15-23(17-26(25)33-28(31)30-24)27(32)29-19(2)9-10-21-7-5-4-6-8-21/h4-8,11-19H,3,9-10H2,1-2H3,(H,29,32). The van der Waals surface area contributed by atoms with Crippen molar-refractivity contribution in [1.82, 2.24) is 14.7 Å². The number of hydrogen-bond donors (Lipinski definition) is 1. The number of fused-ring (bicyclic) bond motifs is 3. The number of imidazole rings is 1. The molecule has 33 heavy (non-hydrogen) atoms. The summed E-state index contributed by atoms with van der Waals surface area (Å²) in [6, 6.07) is 25.0.